The molecule has 0 saturated carbocycles. The van der Waals surface area contributed by atoms with Crippen LogP contribution in [0.3, 0.4) is 0 Å². The first-order valence-corrected chi connectivity index (χ1v) is 5.79. The SMILES string of the molecule is O=C(O)C1Sc2c(I)cccc2C1=O. The van der Waals surface area contributed by atoms with Gasteiger partial charge < -0.3 is 5.11 Å². The van der Waals surface area contributed by atoms with Crippen molar-refractivity contribution in [2.24, 2.45) is 0 Å². The second-order valence-electron chi connectivity index (χ2n) is 2.82. The first kappa shape index (κ1) is 9.97. The number of rotatable bonds is 1. The van der Waals surface area contributed by atoms with Gasteiger partial charge in [-0.2, -0.15) is 0 Å². The molecule has 0 spiro atoms. The quantitative estimate of drug-likeness (QED) is 0.635. The summed E-state index contributed by atoms with van der Waals surface area (Å²) in [5, 5.41) is 7.85. The van der Waals surface area contributed by atoms with Gasteiger partial charge in [0.25, 0.3) is 0 Å². The van der Waals surface area contributed by atoms with Crippen LogP contribution in [-0.4, -0.2) is 22.1 Å². The summed E-state index contributed by atoms with van der Waals surface area (Å²) in [4.78, 5) is 23.1. The van der Waals surface area contributed by atoms with Crippen molar-refractivity contribution in [2.45, 2.75) is 10.1 Å². The van der Waals surface area contributed by atoms with Gasteiger partial charge in [-0.1, -0.05) is 12.1 Å². The van der Waals surface area contributed by atoms with E-state index >= 15 is 0 Å². The van der Waals surface area contributed by atoms with Gasteiger partial charge in [-0.3, -0.25) is 9.59 Å². The Bertz CT molecular complexity index is 430. The van der Waals surface area contributed by atoms with E-state index in [4.69, 9.17) is 5.11 Å². The number of carbonyl (C=O) groups excluding carboxylic acids is 1. The zero-order valence-corrected chi connectivity index (χ0v) is 9.83. The zero-order valence-electron chi connectivity index (χ0n) is 6.86. The number of aliphatic carboxylic acids is 1. The van der Waals surface area contributed by atoms with Crippen LogP contribution in [0.1, 0.15) is 10.4 Å². The molecule has 72 valence electrons. The molecule has 2 rings (SSSR count). The first-order chi connectivity index (χ1) is 6.61. The average molecular weight is 320 g/mol. The fourth-order valence-electron chi connectivity index (χ4n) is 1.30. The molecule has 5 heteroatoms. The Morgan fingerprint density at radius 1 is 1.50 bits per heavy atom. The van der Waals surface area contributed by atoms with Gasteiger partial charge in [-0.15, -0.1) is 11.8 Å². The molecule has 1 unspecified atom stereocenters. The van der Waals surface area contributed by atoms with Crippen molar-refractivity contribution >= 4 is 46.1 Å². The fourth-order valence-corrected chi connectivity index (χ4v) is 3.22. The molecule has 0 aliphatic carbocycles. The van der Waals surface area contributed by atoms with Crippen molar-refractivity contribution in [3.8, 4) is 0 Å². The number of fused-ring (bicyclic) bond motifs is 1. The van der Waals surface area contributed by atoms with Crippen LogP contribution < -0.4 is 0 Å². The van der Waals surface area contributed by atoms with Gasteiger partial charge in [-0.25, -0.2) is 0 Å². The van der Waals surface area contributed by atoms with Crippen LogP contribution in [0.2, 0.25) is 0 Å². The van der Waals surface area contributed by atoms with Crippen LogP contribution in [0, 0.1) is 3.57 Å². The van der Waals surface area contributed by atoms with E-state index in [2.05, 4.69) is 22.6 Å². The van der Waals surface area contributed by atoms with Crippen molar-refractivity contribution in [1.29, 1.82) is 0 Å². The van der Waals surface area contributed by atoms with E-state index < -0.39 is 11.2 Å². The Labute approximate surface area is 98.0 Å². The van der Waals surface area contributed by atoms with Gasteiger partial charge >= 0.3 is 5.97 Å². The lowest BCUT2D eigenvalue weighted by atomic mass is 10.1. The molecular formula is C9H5IO3S. The number of carboxylic acid groups (broad SMARTS) is 1. The maximum atomic E-state index is 11.6. The Balaban J connectivity index is 2.50. The Morgan fingerprint density at radius 2 is 2.21 bits per heavy atom. The van der Waals surface area contributed by atoms with Crippen LogP contribution in [0.15, 0.2) is 23.1 Å². The molecule has 1 aliphatic rings. The normalized spacial score (nSPS) is 19.5. The number of thioether (sulfide) groups is 1. The highest BCUT2D eigenvalue weighted by Crippen LogP contribution is 2.39. The van der Waals surface area contributed by atoms with E-state index in [0.717, 1.165) is 20.2 Å². The van der Waals surface area contributed by atoms with Gasteiger partial charge in [0, 0.05) is 14.0 Å². The summed E-state index contributed by atoms with van der Waals surface area (Å²) in [5.74, 6) is -1.36. The molecule has 0 bridgehead atoms. The smallest absolute Gasteiger partial charge is 0.325 e. The van der Waals surface area contributed by atoms with Crippen molar-refractivity contribution in [1.82, 2.24) is 0 Å². The van der Waals surface area contributed by atoms with Gasteiger partial charge in [0.05, 0.1) is 0 Å². The van der Waals surface area contributed by atoms with Gasteiger partial charge in [0.1, 0.15) is 0 Å². The highest BCUT2D eigenvalue weighted by Gasteiger charge is 2.37. The van der Waals surface area contributed by atoms with Crippen LogP contribution in [-0.2, 0) is 4.79 Å². The highest BCUT2D eigenvalue weighted by molar-refractivity contribution is 14.1. The molecule has 1 aromatic carbocycles. The van der Waals surface area contributed by atoms with Gasteiger partial charge in [0.15, 0.2) is 11.0 Å². The summed E-state index contributed by atoms with van der Waals surface area (Å²) >= 11 is 3.23. The van der Waals surface area contributed by atoms with E-state index in [1.165, 1.54) is 0 Å². The van der Waals surface area contributed by atoms with Gasteiger partial charge in [0.2, 0.25) is 0 Å². The zero-order chi connectivity index (χ0) is 10.3. The van der Waals surface area contributed by atoms with Crippen molar-refractivity contribution in [3.05, 3.63) is 27.3 Å². The number of ketones is 1. The average Bonchev–Trinajstić information content (AvgIpc) is 2.46. The third kappa shape index (κ3) is 1.44. The molecule has 1 atom stereocenters. The second-order valence-corrected chi connectivity index (χ2v) is 5.09. The van der Waals surface area contributed by atoms with E-state index in [0.29, 0.717) is 5.56 Å². The molecule has 0 amide bonds. The maximum Gasteiger partial charge on any atom is 0.325 e. The maximum absolute atomic E-state index is 11.6. The summed E-state index contributed by atoms with van der Waals surface area (Å²) in [6, 6.07) is 5.31. The first-order valence-electron chi connectivity index (χ1n) is 3.83. The number of hydrogen-bond donors (Lipinski definition) is 1. The lowest BCUT2D eigenvalue weighted by molar-refractivity contribution is -0.135. The summed E-state index contributed by atoms with van der Waals surface area (Å²) in [7, 11) is 0. The second kappa shape index (κ2) is 3.54. The third-order valence-corrected chi connectivity index (χ3v) is 4.52. The van der Waals surface area contributed by atoms with Crippen LogP contribution >= 0.6 is 34.4 Å². The summed E-state index contributed by atoms with van der Waals surface area (Å²) < 4.78 is 0.933. The minimum Gasteiger partial charge on any atom is -0.480 e. The van der Waals surface area contributed by atoms with Crippen LogP contribution in [0.4, 0.5) is 0 Å². The Hall–Kier alpha value is -0.560. The molecule has 1 aliphatic heterocycles. The molecule has 0 fully saturated rings. The van der Waals surface area contributed by atoms with Crippen LogP contribution in [0.5, 0.6) is 0 Å². The Kier molecular flexibility index (Phi) is 2.52. The number of hydrogen-bond acceptors (Lipinski definition) is 3. The lowest BCUT2D eigenvalue weighted by Crippen LogP contribution is -2.22. The van der Waals surface area contributed by atoms with Crippen molar-refractivity contribution in [2.75, 3.05) is 0 Å². The molecule has 1 heterocycles. The van der Waals surface area contributed by atoms with Crippen molar-refractivity contribution in [3.63, 3.8) is 0 Å². The summed E-state index contributed by atoms with van der Waals surface area (Å²) in [6.45, 7) is 0. The topological polar surface area (TPSA) is 54.4 Å². The predicted molar refractivity (Wildman–Crippen MR) is 60.8 cm³/mol. The third-order valence-electron chi connectivity index (χ3n) is 1.93. The molecule has 0 aromatic heterocycles. The number of Topliss-reactive ketones (excluding diaryl/α,β-unsaturated/α-hetero) is 1. The van der Waals surface area contributed by atoms with Gasteiger partial charge in [-0.05, 0) is 28.7 Å². The van der Waals surface area contributed by atoms with E-state index in [-0.39, 0.29) is 5.78 Å². The number of halogens is 1. The highest BCUT2D eigenvalue weighted by atomic mass is 127. The van der Waals surface area contributed by atoms with E-state index in [1.807, 2.05) is 6.07 Å². The lowest BCUT2D eigenvalue weighted by Gasteiger charge is -1.98. The molecule has 1 N–H and O–H groups in total. The molecular weight excluding hydrogens is 315 g/mol. The number of carboxylic acids is 1. The molecule has 14 heavy (non-hydrogen) atoms. The number of benzene rings is 1. The molecule has 3 nitrogen and oxygen atoms in total. The molecule has 1 aromatic rings. The van der Waals surface area contributed by atoms with Crippen molar-refractivity contribution < 1.29 is 14.7 Å². The monoisotopic (exact) mass is 320 g/mol. The Morgan fingerprint density at radius 3 is 2.79 bits per heavy atom. The van der Waals surface area contributed by atoms with E-state index in [9.17, 15) is 9.59 Å². The van der Waals surface area contributed by atoms with E-state index in [1.54, 1.807) is 12.1 Å². The fraction of sp³-hybridized carbons (Fsp3) is 0.111. The molecule has 0 saturated heterocycles. The summed E-state index contributed by atoms with van der Waals surface area (Å²) in [6.07, 6.45) is 0. The standard InChI is InChI=1S/C9H5IO3S/c10-5-3-1-2-4-6(11)8(9(12)13)14-7(4)5/h1-3,8H,(H,12,13). The summed E-state index contributed by atoms with van der Waals surface area (Å²) in [5.41, 5.74) is 0.536. The predicted octanol–water partition coefficient (Wildman–Crippen LogP) is 2.03. The molecule has 0 radical (unpaired) electrons. The number of carbonyl (C=O) groups is 2. The minimum atomic E-state index is -1.06. The minimum absolute atomic E-state index is 0.295. The largest absolute Gasteiger partial charge is 0.480 e. The van der Waals surface area contributed by atoms with Crippen LogP contribution in [0.25, 0.3) is 0 Å².